The highest BCUT2D eigenvalue weighted by atomic mass is 35.5. The van der Waals surface area contributed by atoms with Crippen LogP contribution in [0.4, 0.5) is 0 Å². The summed E-state index contributed by atoms with van der Waals surface area (Å²) in [6.07, 6.45) is 4.90. The zero-order valence-corrected chi connectivity index (χ0v) is 11.2. The molecule has 0 saturated heterocycles. The van der Waals surface area contributed by atoms with Gasteiger partial charge in [-0.3, -0.25) is 9.48 Å². The van der Waals surface area contributed by atoms with Crippen molar-refractivity contribution in [2.45, 2.75) is 19.8 Å². The van der Waals surface area contributed by atoms with Crippen molar-refractivity contribution in [3.05, 3.63) is 52.3 Å². The smallest absolute Gasteiger partial charge is 0.163 e. The fourth-order valence-corrected chi connectivity index (χ4v) is 2.19. The first-order valence-electron chi connectivity index (χ1n) is 5.82. The van der Waals surface area contributed by atoms with Crippen molar-refractivity contribution in [2.24, 2.45) is 7.05 Å². The zero-order chi connectivity index (χ0) is 13.1. The number of aromatic nitrogens is 2. The Morgan fingerprint density at radius 1 is 1.39 bits per heavy atom. The molecular weight excluding hydrogens is 248 g/mol. The van der Waals surface area contributed by atoms with Crippen molar-refractivity contribution >= 4 is 17.4 Å². The molecule has 0 spiro atoms. The Hall–Kier alpha value is -1.61. The van der Waals surface area contributed by atoms with Crippen molar-refractivity contribution in [1.29, 1.82) is 0 Å². The molecule has 0 amide bonds. The van der Waals surface area contributed by atoms with Crippen LogP contribution in [0.2, 0.25) is 5.02 Å². The number of carbonyl (C=O) groups excluding carboxylic acids is 1. The molecule has 0 radical (unpaired) electrons. The van der Waals surface area contributed by atoms with Crippen LogP contribution in [-0.4, -0.2) is 15.6 Å². The molecule has 0 atom stereocenters. The Labute approximate surface area is 111 Å². The average molecular weight is 263 g/mol. The summed E-state index contributed by atoms with van der Waals surface area (Å²) in [5.41, 5.74) is 2.76. The van der Waals surface area contributed by atoms with Gasteiger partial charge in [0.1, 0.15) is 0 Å². The summed E-state index contributed by atoms with van der Waals surface area (Å²) < 4.78 is 1.74. The van der Waals surface area contributed by atoms with Crippen molar-refractivity contribution in [1.82, 2.24) is 9.78 Å². The van der Waals surface area contributed by atoms with Crippen molar-refractivity contribution in [3.8, 4) is 0 Å². The Bertz CT molecular complexity index is 555. The van der Waals surface area contributed by atoms with E-state index in [9.17, 15) is 4.79 Å². The van der Waals surface area contributed by atoms with Gasteiger partial charge in [0.2, 0.25) is 0 Å². The molecular formula is C14H15ClN2O. The topological polar surface area (TPSA) is 34.9 Å². The minimum atomic E-state index is 0.115. The molecule has 0 bridgehead atoms. The van der Waals surface area contributed by atoms with Gasteiger partial charge in [-0.1, -0.05) is 11.6 Å². The number of Topliss-reactive ketones (excluding diaryl/α,β-unsaturated/α-hetero) is 1. The maximum absolute atomic E-state index is 12.0. The van der Waals surface area contributed by atoms with Crippen LogP contribution >= 0.6 is 11.6 Å². The summed E-state index contributed by atoms with van der Waals surface area (Å²) in [4.78, 5) is 12.0. The van der Waals surface area contributed by atoms with Crippen LogP contribution in [0.5, 0.6) is 0 Å². The van der Waals surface area contributed by atoms with Gasteiger partial charge in [-0.05, 0) is 42.7 Å². The summed E-state index contributed by atoms with van der Waals surface area (Å²) in [6.45, 7) is 1.93. The molecule has 0 N–H and O–H groups in total. The molecule has 2 aromatic rings. The minimum absolute atomic E-state index is 0.115. The largest absolute Gasteiger partial charge is 0.294 e. The van der Waals surface area contributed by atoms with Gasteiger partial charge in [0, 0.05) is 30.3 Å². The molecule has 0 fully saturated rings. The lowest BCUT2D eigenvalue weighted by molar-refractivity contribution is 0.0982. The van der Waals surface area contributed by atoms with Gasteiger partial charge in [-0.15, -0.1) is 0 Å². The molecule has 1 heterocycles. The standard InChI is InChI=1S/C14H15ClN2O/c1-10-5-12(7-13(15)6-10)14(18)4-3-11-8-16-17(2)9-11/h5-9H,3-4H2,1-2H3. The van der Waals surface area contributed by atoms with Crippen LogP contribution in [0.25, 0.3) is 0 Å². The molecule has 0 aliphatic rings. The van der Waals surface area contributed by atoms with E-state index in [0.29, 0.717) is 23.4 Å². The third-order valence-electron chi connectivity index (χ3n) is 2.76. The van der Waals surface area contributed by atoms with Gasteiger partial charge in [0.25, 0.3) is 0 Å². The van der Waals surface area contributed by atoms with Crippen LogP contribution in [-0.2, 0) is 13.5 Å². The Morgan fingerprint density at radius 3 is 2.78 bits per heavy atom. The van der Waals surface area contributed by atoms with E-state index in [1.54, 1.807) is 16.9 Å². The fraction of sp³-hybridized carbons (Fsp3) is 0.286. The Balaban J connectivity index is 2.03. The highest BCUT2D eigenvalue weighted by Gasteiger charge is 2.08. The summed E-state index contributed by atoms with van der Waals surface area (Å²) >= 11 is 5.95. The SMILES string of the molecule is Cc1cc(Cl)cc(C(=O)CCc2cnn(C)c2)c1. The second-order valence-electron chi connectivity index (χ2n) is 4.46. The maximum Gasteiger partial charge on any atom is 0.163 e. The predicted molar refractivity (Wildman–Crippen MR) is 72.0 cm³/mol. The molecule has 0 aliphatic heterocycles. The van der Waals surface area contributed by atoms with Gasteiger partial charge in [-0.2, -0.15) is 5.10 Å². The lowest BCUT2D eigenvalue weighted by Gasteiger charge is -2.02. The van der Waals surface area contributed by atoms with Crippen LogP contribution in [0.3, 0.4) is 0 Å². The van der Waals surface area contributed by atoms with E-state index in [1.807, 2.05) is 32.3 Å². The number of aryl methyl sites for hydroxylation is 3. The predicted octanol–water partition coefficient (Wildman–Crippen LogP) is 3.20. The minimum Gasteiger partial charge on any atom is -0.294 e. The highest BCUT2D eigenvalue weighted by molar-refractivity contribution is 6.31. The zero-order valence-electron chi connectivity index (χ0n) is 10.5. The number of rotatable bonds is 4. The molecule has 2 rings (SSSR count). The van der Waals surface area contributed by atoms with E-state index in [1.165, 1.54) is 0 Å². The van der Waals surface area contributed by atoms with Crippen LogP contribution < -0.4 is 0 Å². The van der Waals surface area contributed by atoms with Gasteiger partial charge in [-0.25, -0.2) is 0 Å². The third kappa shape index (κ3) is 3.20. The molecule has 1 aromatic carbocycles. The number of hydrogen-bond acceptors (Lipinski definition) is 2. The molecule has 4 heteroatoms. The second-order valence-corrected chi connectivity index (χ2v) is 4.90. The first kappa shape index (κ1) is 12.8. The van der Waals surface area contributed by atoms with E-state index in [4.69, 9.17) is 11.6 Å². The van der Waals surface area contributed by atoms with Crippen molar-refractivity contribution in [2.75, 3.05) is 0 Å². The monoisotopic (exact) mass is 262 g/mol. The lowest BCUT2D eigenvalue weighted by Crippen LogP contribution is -2.01. The third-order valence-corrected chi connectivity index (χ3v) is 2.98. The van der Waals surface area contributed by atoms with Crippen LogP contribution in [0.15, 0.2) is 30.6 Å². The van der Waals surface area contributed by atoms with E-state index >= 15 is 0 Å². The molecule has 0 unspecified atom stereocenters. The average Bonchev–Trinajstić information content (AvgIpc) is 2.70. The lowest BCUT2D eigenvalue weighted by atomic mass is 10.0. The fourth-order valence-electron chi connectivity index (χ4n) is 1.90. The van der Waals surface area contributed by atoms with Crippen molar-refractivity contribution < 1.29 is 4.79 Å². The molecule has 1 aromatic heterocycles. The molecule has 0 saturated carbocycles. The number of ketones is 1. The summed E-state index contributed by atoms with van der Waals surface area (Å²) in [5.74, 6) is 0.115. The van der Waals surface area contributed by atoms with E-state index in [2.05, 4.69) is 5.10 Å². The number of halogens is 1. The van der Waals surface area contributed by atoms with Gasteiger partial charge in [0.05, 0.1) is 6.20 Å². The van der Waals surface area contributed by atoms with Crippen LogP contribution in [0.1, 0.15) is 27.9 Å². The van der Waals surface area contributed by atoms with Crippen LogP contribution in [0, 0.1) is 6.92 Å². The first-order valence-corrected chi connectivity index (χ1v) is 6.20. The molecule has 3 nitrogen and oxygen atoms in total. The second kappa shape index (κ2) is 5.36. The van der Waals surface area contributed by atoms with Gasteiger partial charge < -0.3 is 0 Å². The first-order chi connectivity index (χ1) is 8.54. The number of carbonyl (C=O) groups is 1. The van der Waals surface area contributed by atoms with Gasteiger partial charge in [0.15, 0.2) is 5.78 Å². The molecule has 94 valence electrons. The Kier molecular flexibility index (Phi) is 3.82. The van der Waals surface area contributed by atoms with Crippen molar-refractivity contribution in [3.63, 3.8) is 0 Å². The normalized spacial score (nSPS) is 10.6. The number of benzene rings is 1. The highest BCUT2D eigenvalue weighted by Crippen LogP contribution is 2.16. The number of hydrogen-bond donors (Lipinski definition) is 0. The summed E-state index contributed by atoms with van der Waals surface area (Å²) in [7, 11) is 1.87. The van der Waals surface area contributed by atoms with Gasteiger partial charge >= 0.3 is 0 Å². The van der Waals surface area contributed by atoms with E-state index in [-0.39, 0.29) is 5.78 Å². The molecule has 18 heavy (non-hydrogen) atoms. The van der Waals surface area contributed by atoms with E-state index < -0.39 is 0 Å². The number of nitrogens with zero attached hydrogens (tertiary/aromatic N) is 2. The van der Waals surface area contributed by atoms with E-state index in [0.717, 1.165) is 11.1 Å². The maximum atomic E-state index is 12.0. The molecule has 0 aliphatic carbocycles. The summed E-state index contributed by atoms with van der Waals surface area (Å²) in [6, 6.07) is 5.44. The quantitative estimate of drug-likeness (QED) is 0.793. The summed E-state index contributed by atoms with van der Waals surface area (Å²) in [5, 5.41) is 4.69. The Morgan fingerprint density at radius 2 is 2.17 bits per heavy atom.